The van der Waals surface area contributed by atoms with Gasteiger partial charge in [-0.1, -0.05) is 34.1 Å². The molecule has 0 atom stereocenters. The van der Waals surface area contributed by atoms with E-state index in [-0.39, 0.29) is 40.6 Å². The molecule has 0 unspecified atom stereocenters. The summed E-state index contributed by atoms with van der Waals surface area (Å²) in [5.74, 6) is 0. The Bertz CT molecular complexity index is 146. The quantitative estimate of drug-likeness (QED) is 0.562. The van der Waals surface area contributed by atoms with Gasteiger partial charge in [-0.05, 0) is 12.1 Å². The van der Waals surface area contributed by atoms with Crippen molar-refractivity contribution in [2.45, 2.75) is 0 Å². The fourth-order valence-electron chi connectivity index (χ4n) is 0.415. The van der Waals surface area contributed by atoms with Crippen molar-refractivity contribution < 1.29 is 2.85 Å². The molecule has 8 heavy (non-hydrogen) atoms. The van der Waals surface area contributed by atoms with E-state index in [2.05, 4.69) is 15.9 Å². The summed E-state index contributed by atoms with van der Waals surface area (Å²) in [7, 11) is 0. The molecule has 1 aromatic rings. The zero-order valence-corrected chi connectivity index (χ0v) is 8.27. The van der Waals surface area contributed by atoms with Gasteiger partial charge in [0, 0.05) is 4.47 Å². The second-order valence-corrected chi connectivity index (χ2v) is 2.21. The van der Waals surface area contributed by atoms with E-state index >= 15 is 0 Å². The molecular formula is C6H7BrCa. The molecule has 0 spiro atoms. The van der Waals surface area contributed by atoms with Crippen LogP contribution in [0.4, 0.5) is 0 Å². The molecule has 0 aliphatic heterocycles. The van der Waals surface area contributed by atoms with E-state index in [1.165, 1.54) is 0 Å². The summed E-state index contributed by atoms with van der Waals surface area (Å²) in [6, 6.07) is 9.97. The number of halogens is 1. The van der Waals surface area contributed by atoms with E-state index in [4.69, 9.17) is 0 Å². The van der Waals surface area contributed by atoms with Crippen LogP contribution < -0.4 is 0 Å². The van der Waals surface area contributed by atoms with Crippen molar-refractivity contribution in [3.05, 3.63) is 34.8 Å². The van der Waals surface area contributed by atoms with Crippen molar-refractivity contribution in [1.29, 1.82) is 0 Å². The van der Waals surface area contributed by atoms with Crippen LogP contribution in [0.1, 0.15) is 2.85 Å². The normalized spacial score (nSPS) is 7.62. The molecule has 0 N–H and O–H groups in total. The summed E-state index contributed by atoms with van der Waals surface area (Å²) in [5.41, 5.74) is 0. The van der Waals surface area contributed by atoms with Crippen molar-refractivity contribution in [3.63, 3.8) is 0 Å². The second kappa shape index (κ2) is 4.80. The predicted molar refractivity (Wildman–Crippen MR) is 42.1 cm³/mol. The monoisotopic (exact) mass is 198 g/mol. The maximum absolute atomic E-state index is 3.31. The smallest absolute Gasteiger partial charge is 1.00 e. The molecule has 0 saturated carbocycles. The number of rotatable bonds is 0. The van der Waals surface area contributed by atoms with Crippen LogP contribution in [0.15, 0.2) is 34.8 Å². The van der Waals surface area contributed by atoms with Gasteiger partial charge in [0.25, 0.3) is 0 Å². The maximum Gasteiger partial charge on any atom is 2.00 e. The maximum atomic E-state index is 3.31. The van der Waals surface area contributed by atoms with E-state index in [9.17, 15) is 0 Å². The molecule has 0 heterocycles. The molecule has 0 amide bonds. The standard InChI is InChI=1S/C6H5Br.Ca.2H/c7-6-4-2-1-3-5-6;;;/h1-5H;;;/q;+2;2*-1. The summed E-state index contributed by atoms with van der Waals surface area (Å²) in [4.78, 5) is 0. The van der Waals surface area contributed by atoms with Gasteiger partial charge in [0.05, 0.1) is 0 Å². The molecular weight excluding hydrogens is 192 g/mol. The van der Waals surface area contributed by atoms with E-state index in [1.54, 1.807) is 0 Å². The Balaban J connectivity index is -0.000000163. The molecule has 0 bridgehead atoms. The molecule has 0 nitrogen and oxygen atoms in total. The van der Waals surface area contributed by atoms with Gasteiger partial charge in [0.1, 0.15) is 0 Å². The third-order valence-corrected chi connectivity index (χ3v) is 1.26. The van der Waals surface area contributed by atoms with Crippen LogP contribution in [0.2, 0.25) is 0 Å². The fourth-order valence-corrected chi connectivity index (χ4v) is 0.720. The van der Waals surface area contributed by atoms with E-state index in [1.807, 2.05) is 30.3 Å². The Hall–Kier alpha value is 0.960. The van der Waals surface area contributed by atoms with Crippen LogP contribution >= 0.6 is 15.9 Å². The van der Waals surface area contributed by atoms with Gasteiger partial charge in [-0.15, -0.1) is 0 Å². The molecule has 40 valence electrons. The third-order valence-electron chi connectivity index (χ3n) is 0.733. The Morgan fingerprint density at radius 3 is 1.88 bits per heavy atom. The number of hydrogen-bond acceptors (Lipinski definition) is 0. The molecule has 1 aromatic carbocycles. The Kier molecular flexibility index (Phi) is 5.38. The first kappa shape index (κ1) is 8.96. The summed E-state index contributed by atoms with van der Waals surface area (Å²) in [6.45, 7) is 0. The summed E-state index contributed by atoms with van der Waals surface area (Å²) in [5, 5.41) is 0. The van der Waals surface area contributed by atoms with Crippen LogP contribution in [-0.2, 0) is 0 Å². The van der Waals surface area contributed by atoms with Gasteiger partial charge in [0.2, 0.25) is 0 Å². The Morgan fingerprint density at radius 2 is 1.62 bits per heavy atom. The first-order valence-electron chi connectivity index (χ1n) is 2.10. The van der Waals surface area contributed by atoms with Crippen LogP contribution in [-0.4, -0.2) is 37.7 Å². The molecule has 0 saturated heterocycles. The Labute approximate surface area is 90.4 Å². The van der Waals surface area contributed by atoms with E-state index in [0.717, 1.165) is 4.47 Å². The SMILES string of the molecule is Brc1ccccc1.[Ca+2].[H-].[H-]. The Morgan fingerprint density at radius 1 is 1.12 bits per heavy atom. The summed E-state index contributed by atoms with van der Waals surface area (Å²) >= 11 is 3.31. The fraction of sp³-hybridized carbons (Fsp3) is 0. The van der Waals surface area contributed by atoms with Crippen LogP contribution in [0.5, 0.6) is 0 Å². The average molecular weight is 199 g/mol. The van der Waals surface area contributed by atoms with Crippen molar-refractivity contribution in [3.8, 4) is 0 Å². The van der Waals surface area contributed by atoms with Gasteiger partial charge in [-0.25, -0.2) is 0 Å². The summed E-state index contributed by atoms with van der Waals surface area (Å²) < 4.78 is 1.13. The molecule has 1 rings (SSSR count). The second-order valence-electron chi connectivity index (χ2n) is 1.30. The molecule has 0 aliphatic rings. The largest absolute Gasteiger partial charge is 2.00 e. The first-order valence-corrected chi connectivity index (χ1v) is 2.89. The molecule has 0 aromatic heterocycles. The van der Waals surface area contributed by atoms with E-state index in [0.29, 0.717) is 0 Å². The molecule has 0 radical (unpaired) electrons. The first-order chi connectivity index (χ1) is 3.39. The van der Waals surface area contributed by atoms with Crippen LogP contribution in [0.25, 0.3) is 0 Å². The van der Waals surface area contributed by atoms with E-state index < -0.39 is 0 Å². The van der Waals surface area contributed by atoms with Crippen molar-refractivity contribution in [2.75, 3.05) is 0 Å². The van der Waals surface area contributed by atoms with Gasteiger partial charge < -0.3 is 2.85 Å². The van der Waals surface area contributed by atoms with Gasteiger partial charge in [0.15, 0.2) is 0 Å². The number of benzene rings is 1. The van der Waals surface area contributed by atoms with Crippen LogP contribution in [0, 0.1) is 0 Å². The van der Waals surface area contributed by atoms with Gasteiger partial charge in [-0.2, -0.15) is 0 Å². The van der Waals surface area contributed by atoms with Gasteiger partial charge in [-0.3, -0.25) is 0 Å². The molecule has 0 fully saturated rings. The zero-order chi connectivity index (χ0) is 5.11. The van der Waals surface area contributed by atoms with Gasteiger partial charge >= 0.3 is 37.7 Å². The molecule has 0 aliphatic carbocycles. The van der Waals surface area contributed by atoms with Crippen LogP contribution in [0.3, 0.4) is 0 Å². The minimum atomic E-state index is 0. The van der Waals surface area contributed by atoms with Crippen molar-refractivity contribution in [2.24, 2.45) is 0 Å². The van der Waals surface area contributed by atoms with Crippen molar-refractivity contribution >= 4 is 53.7 Å². The minimum absolute atomic E-state index is 0. The summed E-state index contributed by atoms with van der Waals surface area (Å²) in [6.07, 6.45) is 0. The average Bonchev–Trinajstić information content (AvgIpc) is 1.69. The number of hydrogen-bond donors (Lipinski definition) is 0. The minimum Gasteiger partial charge on any atom is -1.00 e. The zero-order valence-electron chi connectivity index (χ0n) is 6.47. The molecule has 2 heteroatoms. The predicted octanol–water partition coefficient (Wildman–Crippen LogP) is 2.29. The third kappa shape index (κ3) is 3.08. The topological polar surface area (TPSA) is 0 Å². The van der Waals surface area contributed by atoms with Crippen molar-refractivity contribution in [1.82, 2.24) is 0 Å².